The molecule has 0 radical (unpaired) electrons. The smallest absolute Gasteiger partial charge is 0.258 e. The van der Waals surface area contributed by atoms with Crippen molar-refractivity contribution >= 4 is 17.3 Å². The minimum absolute atomic E-state index is 0.00102. The number of aromatic nitrogens is 2. The van der Waals surface area contributed by atoms with Crippen LogP contribution in [0.25, 0.3) is 11.3 Å². The van der Waals surface area contributed by atoms with E-state index in [-0.39, 0.29) is 16.4 Å². The van der Waals surface area contributed by atoms with Crippen LogP contribution in [0.2, 0.25) is 5.15 Å². The maximum Gasteiger partial charge on any atom is 0.332 e. The Bertz CT molecular complexity index is 634. The molecule has 1 heterocycles. The Hall–Kier alpha value is -2.08. The van der Waals surface area contributed by atoms with Gasteiger partial charge in [0.2, 0.25) is 5.15 Å². The summed E-state index contributed by atoms with van der Waals surface area (Å²) in [6.45, 7) is 1.60. The average molecular weight is 268 g/mol. The topological polar surface area (TPSA) is 68.9 Å². The minimum Gasteiger partial charge on any atom is -0.258 e. The summed E-state index contributed by atoms with van der Waals surface area (Å²) in [5.41, 5.74) is 0.303. The van der Waals surface area contributed by atoms with Crippen LogP contribution in [-0.4, -0.2) is 14.9 Å². The third-order valence-electron chi connectivity index (χ3n) is 2.41. The van der Waals surface area contributed by atoms with Gasteiger partial charge in [0, 0.05) is 5.56 Å². The second-order valence-electron chi connectivity index (χ2n) is 3.58. The highest BCUT2D eigenvalue weighted by Gasteiger charge is 2.22. The van der Waals surface area contributed by atoms with Gasteiger partial charge in [0.05, 0.1) is 4.92 Å². The summed E-state index contributed by atoms with van der Waals surface area (Å²) < 4.78 is 13.5. The molecule has 0 fully saturated rings. The van der Waals surface area contributed by atoms with Gasteiger partial charge in [-0.1, -0.05) is 23.7 Å². The Morgan fingerprint density at radius 1 is 1.39 bits per heavy atom. The van der Waals surface area contributed by atoms with E-state index >= 15 is 0 Å². The zero-order valence-electron chi connectivity index (χ0n) is 9.22. The van der Waals surface area contributed by atoms with Gasteiger partial charge in [-0.25, -0.2) is 14.4 Å². The number of rotatable bonds is 2. The van der Waals surface area contributed by atoms with Crippen molar-refractivity contribution in [2.24, 2.45) is 0 Å². The fourth-order valence-corrected chi connectivity index (χ4v) is 1.67. The fraction of sp³-hybridized carbons (Fsp3) is 0.0909. The number of nitro groups is 1. The highest BCUT2D eigenvalue weighted by atomic mass is 35.5. The molecule has 18 heavy (non-hydrogen) atoms. The van der Waals surface area contributed by atoms with E-state index in [4.69, 9.17) is 11.6 Å². The molecule has 7 heteroatoms. The number of aryl methyl sites for hydroxylation is 1. The highest BCUT2D eigenvalue weighted by molar-refractivity contribution is 6.31. The molecule has 0 aliphatic carbocycles. The lowest BCUT2D eigenvalue weighted by Gasteiger charge is -2.04. The normalized spacial score (nSPS) is 10.4. The van der Waals surface area contributed by atoms with Crippen LogP contribution >= 0.6 is 11.6 Å². The van der Waals surface area contributed by atoms with Crippen molar-refractivity contribution in [3.8, 4) is 11.3 Å². The quantitative estimate of drug-likeness (QED) is 0.476. The van der Waals surface area contributed by atoms with Gasteiger partial charge in [-0.05, 0) is 18.6 Å². The molecule has 1 aromatic carbocycles. The van der Waals surface area contributed by atoms with Crippen LogP contribution in [0.1, 0.15) is 5.56 Å². The maximum atomic E-state index is 13.5. The van der Waals surface area contributed by atoms with Crippen LogP contribution in [0.15, 0.2) is 24.5 Å². The first-order valence-electron chi connectivity index (χ1n) is 4.92. The van der Waals surface area contributed by atoms with Crippen LogP contribution < -0.4 is 0 Å². The summed E-state index contributed by atoms with van der Waals surface area (Å²) in [5, 5.41) is 10.6. The van der Waals surface area contributed by atoms with Crippen molar-refractivity contribution in [1.29, 1.82) is 0 Å². The van der Waals surface area contributed by atoms with E-state index < -0.39 is 16.4 Å². The molecule has 92 valence electrons. The first kappa shape index (κ1) is 12.4. The number of hydrogen-bond acceptors (Lipinski definition) is 4. The fourth-order valence-electron chi connectivity index (χ4n) is 1.47. The van der Waals surface area contributed by atoms with Gasteiger partial charge in [-0.2, -0.15) is 0 Å². The van der Waals surface area contributed by atoms with Crippen molar-refractivity contribution in [1.82, 2.24) is 9.97 Å². The number of hydrogen-bond donors (Lipinski definition) is 0. The number of nitrogens with zero attached hydrogens (tertiary/aromatic N) is 3. The summed E-state index contributed by atoms with van der Waals surface area (Å²) in [7, 11) is 0. The molecule has 0 N–H and O–H groups in total. The third-order valence-corrected chi connectivity index (χ3v) is 2.68. The Morgan fingerprint density at radius 2 is 2.11 bits per heavy atom. The van der Waals surface area contributed by atoms with E-state index in [0.717, 1.165) is 6.33 Å². The Labute approximate surface area is 106 Å². The monoisotopic (exact) mass is 267 g/mol. The molecule has 2 rings (SSSR count). The van der Waals surface area contributed by atoms with Crippen LogP contribution in [0.3, 0.4) is 0 Å². The summed E-state index contributed by atoms with van der Waals surface area (Å²) >= 11 is 5.66. The molecule has 1 aromatic heterocycles. The molecule has 0 saturated carbocycles. The molecule has 0 saturated heterocycles. The van der Waals surface area contributed by atoms with Crippen molar-refractivity contribution in [2.75, 3.05) is 0 Å². The maximum absolute atomic E-state index is 13.5. The second kappa shape index (κ2) is 4.66. The van der Waals surface area contributed by atoms with Gasteiger partial charge in [0.1, 0.15) is 12.1 Å². The predicted molar refractivity (Wildman–Crippen MR) is 63.8 cm³/mol. The molecule has 2 aromatic rings. The standard InChI is InChI=1S/C11H7ClFN3O2/c1-6-2-3-7(4-8(6)13)9-10(16(17)18)11(12)15-5-14-9/h2-5H,1H3. The molecule has 0 amide bonds. The first-order chi connectivity index (χ1) is 8.50. The van der Waals surface area contributed by atoms with Crippen molar-refractivity contribution in [3.05, 3.63) is 51.2 Å². The van der Waals surface area contributed by atoms with Crippen molar-refractivity contribution in [2.45, 2.75) is 6.92 Å². The Balaban J connectivity index is 2.67. The van der Waals surface area contributed by atoms with Crippen LogP contribution in [0.5, 0.6) is 0 Å². The third kappa shape index (κ3) is 2.14. The van der Waals surface area contributed by atoms with Gasteiger partial charge in [0.15, 0.2) is 5.69 Å². The van der Waals surface area contributed by atoms with Crippen molar-refractivity contribution in [3.63, 3.8) is 0 Å². The van der Waals surface area contributed by atoms with E-state index in [2.05, 4.69) is 9.97 Å². The summed E-state index contributed by atoms with van der Waals surface area (Å²) in [4.78, 5) is 17.6. The SMILES string of the molecule is Cc1ccc(-c2ncnc(Cl)c2[N+](=O)[O-])cc1F. The van der Waals surface area contributed by atoms with E-state index in [9.17, 15) is 14.5 Å². The summed E-state index contributed by atoms with van der Waals surface area (Å²) in [6.07, 6.45) is 1.10. The molecular weight excluding hydrogens is 261 g/mol. The molecule has 0 aliphatic rings. The molecule has 0 bridgehead atoms. The highest BCUT2D eigenvalue weighted by Crippen LogP contribution is 2.32. The van der Waals surface area contributed by atoms with E-state index in [0.29, 0.717) is 5.56 Å². The molecule has 0 spiro atoms. The zero-order valence-corrected chi connectivity index (χ0v) is 9.98. The summed E-state index contributed by atoms with van der Waals surface area (Å²) in [5.74, 6) is -0.462. The molecular formula is C11H7ClFN3O2. The predicted octanol–water partition coefficient (Wildman–Crippen LogP) is 3.15. The van der Waals surface area contributed by atoms with Gasteiger partial charge >= 0.3 is 5.69 Å². The van der Waals surface area contributed by atoms with Gasteiger partial charge in [-0.15, -0.1) is 0 Å². The van der Waals surface area contributed by atoms with Crippen LogP contribution in [-0.2, 0) is 0 Å². The van der Waals surface area contributed by atoms with Crippen LogP contribution in [0, 0.1) is 22.9 Å². The lowest BCUT2D eigenvalue weighted by Crippen LogP contribution is -1.98. The molecule has 5 nitrogen and oxygen atoms in total. The van der Waals surface area contributed by atoms with Crippen LogP contribution in [0.4, 0.5) is 10.1 Å². The number of halogens is 2. The van der Waals surface area contributed by atoms with E-state index in [1.807, 2.05) is 0 Å². The molecule has 0 atom stereocenters. The largest absolute Gasteiger partial charge is 0.332 e. The van der Waals surface area contributed by atoms with E-state index in [1.165, 1.54) is 12.1 Å². The van der Waals surface area contributed by atoms with Crippen molar-refractivity contribution < 1.29 is 9.31 Å². The Morgan fingerprint density at radius 3 is 2.72 bits per heavy atom. The molecule has 0 unspecified atom stereocenters. The van der Waals surface area contributed by atoms with Gasteiger partial charge in [-0.3, -0.25) is 10.1 Å². The minimum atomic E-state index is -0.685. The lowest BCUT2D eigenvalue weighted by atomic mass is 10.1. The average Bonchev–Trinajstić information content (AvgIpc) is 2.32. The lowest BCUT2D eigenvalue weighted by molar-refractivity contribution is -0.384. The molecule has 0 aliphatic heterocycles. The Kier molecular flexibility index (Phi) is 3.20. The number of benzene rings is 1. The van der Waals surface area contributed by atoms with Gasteiger partial charge in [0.25, 0.3) is 0 Å². The van der Waals surface area contributed by atoms with E-state index in [1.54, 1.807) is 13.0 Å². The second-order valence-corrected chi connectivity index (χ2v) is 3.94. The van der Waals surface area contributed by atoms with Gasteiger partial charge < -0.3 is 0 Å². The first-order valence-corrected chi connectivity index (χ1v) is 5.30. The summed E-state index contributed by atoms with van der Waals surface area (Å²) in [6, 6.07) is 4.25. The zero-order chi connectivity index (χ0) is 13.3.